The lowest BCUT2D eigenvalue weighted by Crippen LogP contribution is -2.22. The Hall–Kier alpha value is -1.08. The van der Waals surface area contributed by atoms with E-state index in [1.807, 2.05) is 13.8 Å². The van der Waals surface area contributed by atoms with Gasteiger partial charge in [0, 0.05) is 6.42 Å². The van der Waals surface area contributed by atoms with Crippen molar-refractivity contribution in [3.8, 4) is 6.07 Å². The summed E-state index contributed by atoms with van der Waals surface area (Å²) in [5.74, 6) is -0.760. The number of carbonyl (C=O) groups is 1. The van der Waals surface area contributed by atoms with Gasteiger partial charge in [-0.2, -0.15) is 5.26 Å². The Morgan fingerprint density at radius 2 is 2.14 bits per heavy atom. The zero-order valence-corrected chi connectivity index (χ0v) is 8.84. The molecule has 0 saturated carbocycles. The number of carboxylic acid groups (broad SMARTS) is 1. The van der Waals surface area contributed by atoms with Gasteiger partial charge in [-0.15, -0.1) is 0 Å². The number of hydrogen-bond donors (Lipinski definition) is 2. The van der Waals surface area contributed by atoms with Crippen LogP contribution < -0.4 is 5.32 Å². The molecule has 0 rings (SSSR count). The molecule has 14 heavy (non-hydrogen) atoms. The van der Waals surface area contributed by atoms with Crippen LogP contribution in [0.15, 0.2) is 0 Å². The van der Waals surface area contributed by atoms with Crippen molar-refractivity contribution in [1.82, 2.24) is 5.32 Å². The highest BCUT2D eigenvalue weighted by molar-refractivity contribution is 5.66. The van der Waals surface area contributed by atoms with Gasteiger partial charge in [0.25, 0.3) is 0 Å². The van der Waals surface area contributed by atoms with Gasteiger partial charge >= 0.3 is 5.97 Å². The molecule has 0 aromatic carbocycles. The first-order chi connectivity index (χ1) is 6.48. The lowest BCUT2D eigenvalue weighted by Gasteiger charge is -2.14. The molecule has 80 valence electrons. The Balaban J connectivity index is 3.31. The summed E-state index contributed by atoms with van der Waals surface area (Å²) in [7, 11) is 0. The summed E-state index contributed by atoms with van der Waals surface area (Å²) in [4.78, 5) is 10.2. The van der Waals surface area contributed by atoms with Crippen LogP contribution in [0.3, 0.4) is 0 Å². The van der Waals surface area contributed by atoms with Gasteiger partial charge in [0.05, 0.1) is 11.5 Å². The van der Waals surface area contributed by atoms with Crippen LogP contribution in [0, 0.1) is 16.7 Å². The molecule has 0 aliphatic rings. The van der Waals surface area contributed by atoms with Crippen LogP contribution in [-0.4, -0.2) is 24.2 Å². The minimum Gasteiger partial charge on any atom is -0.481 e. The molecule has 0 saturated heterocycles. The van der Waals surface area contributed by atoms with E-state index in [-0.39, 0.29) is 11.8 Å². The fraction of sp³-hybridized carbons (Fsp3) is 0.800. The van der Waals surface area contributed by atoms with Crippen molar-refractivity contribution in [2.45, 2.75) is 33.1 Å². The van der Waals surface area contributed by atoms with E-state index in [1.54, 1.807) is 0 Å². The first-order valence-electron chi connectivity index (χ1n) is 4.82. The predicted molar refractivity (Wildman–Crippen MR) is 53.8 cm³/mol. The molecule has 4 heteroatoms. The van der Waals surface area contributed by atoms with Gasteiger partial charge in [0.2, 0.25) is 0 Å². The van der Waals surface area contributed by atoms with Gasteiger partial charge in [0.15, 0.2) is 0 Å². The van der Waals surface area contributed by atoms with Crippen molar-refractivity contribution < 1.29 is 9.90 Å². The largest absolute Gasteiger partial charge is 0.481 e. The Kier molecular flexibility index (Phi) is 5.89. The summed E-state index contributed by atoms with van der Waals surface area (Å²) in [6, 6.07) is 2.22. The molecule has 0 heterocycles. The number of nitrogens with one attached hydrogen (secondary N) is 1. The van der Waals surface area contributed by atoms with Gasteiger partial charge < -0.3 is 10.4 Å². The van der Waals surface area contributed by atoms with Crippen molar-refractivity contribution >= 4 is 5.97 Å². The minimum absolute atomic E-state index is 0.203. The van der Waals surface area contributed by atoms with Crippen molar-refractivity contribution in [3.05, 3.63) is 0 Å². The van der Waals surface area contributed by atoms with Crippen molar-refractivity contribution in [1.29, 1.82) is 5.26 Å². The maximum Gasteiger partial charge on any atom is 0.303 e. The Morgan fingerprint density at radius 1 is 1.50 bits per heavy atom. The number of nitrogens with zero attached hydrogens (tertiary/aromatic N) is 1. The van der Waals surface area contributed by atoms with E-state index < -0.39 is 5.97 Å². The van der Waals surface area contributed by atoms with Crippen molar-refractivity contribution in [2.75, 3.05) is 13.1 Å². The normalized spacial score (nSPS) is 10.9. The van der Waals surface area contributed by atoms with Gasteiger partial charge in [-0.3, -0.25) is 4.79 Å². The molecule has 0 spiro atoms. The molecule has 0 amide bonds. The standard InChI is InChI=1S/C10H18N2O2/c1-10(2,8-11)5-7-12-6-3-4-9(13)14/h12H,3-7H2,1-2H3,(H,13,14). The molecule has 2 N–H and O–H groups in total. The lowest BCUT2D eigenvalue weighted by atomic mass is 9.91. The molecule has 0 aromatic rings. The summed E-state index contributed by atoms with van der Waals surface area (Å²) in [5.41, 5.74) is -0.292. The first kappa shape index (κ1) is 12.9. The third-order valence-electron chi connectivity index (χ3n) is 1.97. The van der Waals surface area contributed by atoms with Crippen LogP contribution in [0.4, 0.5) is 0 Å². The average molecular weight is 198 g/mol. The molecule has 0 aliphatic carbocycles. The molecule has 4 nitrogen and oxygen atoms in total. The Morgan fingerprint density at radius 3 is 2.64 bits per heavy atom. The first-order valence-corrected chi connectivity index (χ1v) is 4.82. The molecule has 0 fully saturated rings. The predicted octanol–water partition coefficient (Wildman–Crippen LogP) is 1.38. The van der Waals surface area contributed by atoms with E-state index in [2.05, 4.69) is 11.4 Å². The quantitative estimate of drug-likeness (QED) is 0.606. The monoisotopic (exact) mass is 198 g/mol. The average Bonchev–Trinajstić information content (AvgIpc) is 2.10. The van der Waals surface area contributed by atoms with Crippen LogP contribution in [0.1, 0.15) is 33.1 Å². The van der Waals surface area contributed by atoms with Crippen LogP contribution >= 0.6 is 0 Å². The summed E-state index contributed by atoms with van der Waals surface area (Å²) >= 11 is 0. The minimum atomic E-state index is -0.760. The Bertz CT molecular complexity index is 219. The number of rotatable bonds is 7. The third-order valence-corrected chi connectivity index (χ3v) is 1.97. The topological polar surface area (TPSA) is 73.1 Å². The highest BCUT2D eigenvalue weighted by Gasteiger charge is 2.15. The van der Waals surface area contributed by atoms with Crippen LogP contribution in [0.25, 0.3) is 0 Å². The molecule has 0 radical (unpaired) electrons. The van der Waals surface area contributed by atoms with Gasteiger partial charge in [-0.1, -0.05) is 0 Å². The van der Waals surface area contributed by atoms with Crippen molar-refractivity contribution in [2.24, 2.45) is 5.41 Å². The summed E-state index contributed by atoms with van der Waals surface area (Å²) in [6.07, 6.45) is 1.63. The van der Waals surface area contributed by atoms with Gasteiger partial charge in [-0.25, -0.2) is 0 Å². The number of aliphatic carboxylic acids is 1. The maximum absolute atomic E-state index is 10.2. The molecule has 0 unspecified atom stereocenters. The fourth-order valence-electron chi connectivity index (χ4n) is 0.946. The number of carboxylic acids is 1. The molecule has 0 aliphatic heterocycles. The maximum atomic E-state index is 10.2. The van der Waals surface area contributed by atoms with Crippen LogP contribution in [-0.2, 0) is 4.79 Å². The highest BCUT2D eigenvalue weighted by Crippen LogP contribution is 2.16. The zero-order chi connectivity index (χ0) is 11.0. The lowest BCUT2D eigenvalue weighted by molar-refractivity contribution is -0.137. The summed E-state index contributed by atoms with van der Waals surface area (Å²) < 4.78 is 0. The molecule has 0 aromatic heterocycles. The summed E-state index contributed by atoms with van der Waals surface area (Å²) in [6.45, 7) is 5.26. The number of hydrogen-bond acceptors (Lipinski definition) is 3. The van der Waals surface area contributed by atoms with E-state index in [0.717, 1.165) is 13.0 Å². The second kappa shape index (κ2) is 6.39. The second-order valence-corrected chi connectivity index (χ2v) is 3.99. The third kappa shape index (κ3) is 7.56. The smallest absolute Gasteiger partial charge is 0.303 e. The molecular weight excluding hydrogens is 180 g/mol. The zero-order valence-electron chi connectivity index (χ0n) is 8.84. The van der Waals surface area contributed by atoms with Gasteiger partial charge in [-0.05, 0) is 39.8 Å². The SMILES string of the molecule is CC(C)(C#N)CCNCCCC(=O)O. The molecular formula is C10H18N2O2. The van der Waals surface area contributed by atoms with Crippen LogP contribution in [0.5, 0.6) is 0 Å². The van der Waals surface area contributed by atoms with E-state index in [4.69, 9.17) is 10.4 Å². The van der Waals surface area contributed by atoms with Gasteiger partial charge in [0.1, 0.15) is 0 Å². The summed E-state index contributed by atoms with van der Waals surface area (Å²) in [5, 5.41) is 20.2. The fourth-order valence-corrected chi connectivity index (χ4v) is 0.946. The second-order valence-electron chi connectivity index (χ2n) is 3.99. The highest BCUT2D eigenvalue weighted by atomic mass is 16.4. The molecule has 0 atom stereocenters. The van der Waals surface area contributed by atoms with E-state index >= 15 is 0 Å². The van der Waals surface area contributed by atoms with Crippen molar-refractivity contribution in [3.63, 3.8) is 0 Å². The van der Waals surface area contributed by atoms with Crippen LogP contribution in [0.2, 0.25) is 0 Å². The Labute approximate surface area is 84.9 Å². The van der Waals surface area contributed by atoms with E-state index in [0.29, 0.717) is 13.0 Å². The van der Waals surface area contributed by atoms with E-state index in [9.17, 15) is 4.79 Å². The molecule has 0 bridgehead atoms. The van der Waals surface area contributed by atoms with E-state index in [1.165, 1.54) is 0 Å². The number of nitriles is 1.